The third kappa shape index (κ3) is 52.5. The second-order valence-electron chi connectivity index (χ2n) is 18.5. The Morgan fingerprint density at radius 2 is 0.892 bits per heavy atom. The molecule has 0 radical (unpaired) electrons. The highest BCUT2D eigenvalue weighted by Gasteiger charge is 2.20. The van der Waals surface area contributed by atoms with Gasteiger partial charge in [-0.3, -0.25) is 9.36 Å². The maximum absolute atomic E-state index is 12.8. The molecule has 65 heavy (non-hydrogen) atoms. The minimum absolute atomic E-state index is 0.0113. The summed E-state index contributed by atoms with van der Waals surface area (Å²) in [6.45, 7) is 5.14. The van der Waals surface area contributed by atoms with Crippen LogP contribution in [0.4, 0.5) is 0 Å². The van der Waals surface area contributed by atoms with Gasteiger partial charge >= 0.3 is 5.97 Å². The van der Waals surface area contributed by atoms with Crippen molar-refractivity contribution in [2.24, 2.45) is 0 Å². The van der Waals surface area contributed by atoms with Gasteiger partial charge in [-0.15, -0.1) is 0 Å². The number of hydrogen-bond donors (Lipinski definition) is 0. The Bertz CT molecular complexity index is 1310. The Labute approximate surface area is 401 Å². The average molecular weight is 930 g/mol. The molecule has 2 atom stereocenters. The summed E-state index contributed by atoms with van der Waals surface area (Å²) in [6.07, 6.45) is 64.9. The number of phosphoric acid groups is 1. The van der Waals surface area contributed by atoms with E-state index in [1.807, 2.05) is 21.1 Å². The Balaban J connectivity index is 4.23. The summed E-state index contributed by atoms with van der Waals surface area (Å²) in [5.41, 5.74) is 0. The molecule has 0 aromatic heterocycles. The number of phosphoric ester groups is 1. The number of carbonyl (C=O) groups is 1. The Kier molecular flexibility index (Phi) is 46.4. The van der Waals surface area contributed by atoms with Crippen molar-refractivity contribution in [1.82, 2.24) is 0 Å². The number of rotatable bonds is 48. The maximum atomic E-state index is 12.8. The van der Waals surface area contributed by atoms with Crippen molar-refractivity contribution in [1.29, 1.82) is 0 Å². The fraction of sp³-hybridized carbons (Fsp3) is 0.732. The van der Waals surface area contributed by atoms with E-state index in [0.29, 0.717) is 24.1 Å². The van der Waals surface area contributed by atoms with Gasteiger partial charge in [-0.2, -0.15) is 0 Å². The lowest BCUT2D eigenvalue weighted by Crippen LogP contribution is -2.37. The highest BCUT2D eigenvalue weighted by atomic mass is 31.2. The predicted octanol–water partition coefficient (Wildman–Crippen LogP) is 15.8. The molecule has 0 bridgehead atoms. The van der Waals surface area contributed by atoms with Crippen LogP contribution in [0.15, 0.2) is 85.1 Å². The molecule has 376 valence electrons. The number of unbranched alkanes of at least 4 members (excludes halogenated alkanes) is 20. The summed E-state index contributed by atoms with van der Waals surface area (Å²) >= 11 is 0. The predicted molar refractivity (Wildman–Crippen MR) is 277 cm³/mol. The highest BCUT2D eigenvalue weighted by molar-refractivity contribution is 7.45. The number of carbonyl (C=O) groups excluding carboxylic acids is 1. The van der Waals surface area contributed by atoms with Crippen LogP contribution in [0.1, 0.15) is 206 Å². The van der Waals surface area contributed by atoms with Gasteiger partial charge in [-0.1, -0.05) is 202 Å². The molecule has 0 aromatic rings. The Hall–Kier alpha value is -2.32. The summed E-state index contributed by atoms with van der Waals surface area (Å²) in [5, 5.41) is 0. The van der Waals surface area contributed by atoms with Gasteiger partial charge in [-0.25, -0.2) is 0 Å². The van der Waals surface area contributed by atoms with Gasteiger partial charge in [0.25, 0.3) is 7.82 Å². The molecule has 0 heterocycles. The highest BCUT2D eigenvalue weighted by Crippen LogP contribution is 2.38. The first-order valence-electron chi connectivity index (χ1n) is 26.3. The van der Waals surface area contributed by atoms with E-state index in [-0.39, 0.29) is 25.8 Å². The van der Waals surface area contributed by atoms with E-state index in [0.717, 1.165) is 70.6 Å². The molecule has 0 saturated heterocycles. The normalized spacial score (nSPS) is 14.2. The second kappa shape index (κ2) is 48.1. The molecular formula is C56H100NO7P. The molecule has 0 amide bonds. The summed E-state index contributed by atoms with van der Waals surface area (Å²) in [5.74, 6) is -0.356. The number of ether oxygens (including phenoxy) is 2. The van der Waals surface area contributed by atoms with Crippen LogP contribution in [0.25, 0.3) is 0 Å². The maximum Gasteiger partial charge on any atom is 0.306 e. The topological polar surface area (TPSA) is 94.1 Å². The van der Waals surface area contributed by atoms with Crippen LogP contribution in [-0.4, -0.2) is 70.7 Å². The molecule has 9 heteroatoms. The number of quaternary nitrogens is 1. The van der Waals surface area contributed by atoms with Crippen molar-refractivity contribution in [2.45, 2.75) is 213 Å². The van der Waals surface area contributed by atoms with E-state index in [1.165, 1.54) is 116 Å². The number of likely N-dealkylation sites (N-methyl/N-ethyl adjacent to an activating group) is 1. The summed E-state index contributed by atoms with van der Waals surface area (Å²) < 4.78 is 34.7. The van der Waals surface area contributed by atoms with E-state index in [2.05, 4.69) is 98.9 Å². The third-order valence-corrected chi connectivity index (χ3v) is 11.9. The van der Waals surface area contributed by atoms with Crippen molar-refractivity contribution in [3.05, 3.63) is 85.1 Å². The first-order valence-corrected chi connectivity index (χ1v) is 27.8. The summed E-state index contributed by atoms with van der Waals surface area (Å²) in [6, 6.07) is 0. The van der Waals surface area contributed by atoms with Crippen molar-refractivity contribution in [2.75, 3.05) is 54.1 Å². The molecular weight excluding hydrogens is 830 g/mol. The van der Waals surface area contributed by atoms with Gasteiger partial charge < -0.3 is 27.9 Å². The molecule has 0 aromatic carbocycles. The minimum atomic E-state index is -4.55. The Morgan fingerprint density at radius 1 is 0.492 bits per heavy atom. The molecule has 2 unspecified atom stereocenters. The number of hydrogen-bond acceptors (Lipinski definition) is 7. The molecule has 0 rings (SSSR count). The number of nitrogens with zero attached hydrogens (tertiary/aromatic N) is 1. The lowest BCUT2D eigenvalue weighted by Gasteiger charge is -2.28. The van der Waals surface area contributed by atoms with E-state index >= 15 is 0 Å². The molecule has 0 N–H and O–H groups in total. The van der Waals surface area contributed by atoms with Crippen LogP contribution in [0.2, 0.25) is 0 Å². The first-order chi connectivity index (χ1) is 31.6. The largest absolute Gasteiger partial charge is 0.756 e. The molecule has 8 nitrogen and oxygen atoms in total. The van der Waals surface area contributed by atoms with Crippen LogP contribution >= 0.6 is 7.82 Å². The lowest BCUT2D eigenvalue weighted by atomic mass is 10.0. The zero-order chi connectivity index (χ0) is 47.6. The fourth-order valence-corrected chi connectivity index (χ4v) is 7.64. The molecule has 0 spiro atoms. The van der Waals surface area contributed by atoms with Crippen molar-refractivity contribution in [3.63, 3.8) is 0 Å². The van der Waals surface area contributed by atoms with Gasteiger partial charge in [0.2, 0.25) is 0 Å². The van der Waals surface area contributed by atoms with Gasteiger partial charge in [0.1, 0.15) is 19.3 Å². The molecule has 0 saturated carbocycles. The Morgan fingerprint density at radius 3 is 1.35 bits per heavy atom. The van der Waals surface area contributed by atoms with Gasteiger partial charge in [0.05, 0.1) is 34.4 Å². The van der Waals surface area contributed by atoms with E-state index in [9.17, 15) is 14.3 Å². The number of allylic oxidation sites excluding steroid dienone is 14. The van der Waals surface area contributed by atoms with Crippen LogP contribution in [-0.2, 0) is 27.9 Å². The zero-order valence-electron chi connectivity index (χ0n) is 42.7. The molecule has 0 aliphatic rings. The number of esters is 1. The minimum Gasteiger partial charge on any atom is -0.756 e. The second-order valence-corrected chi connectivity index (χ2v) is 19.9. The van der Waals surface area contributed by atoms with Crippen molar-refractivity contribution >= 4 is 13.8 Å². The van der Waals surface area contributed by atoms with E-state index < -0.39 is 13.9 Å². The van der Waals surface area contributed by atoms with E-state index in [4.69, 9.17) is 18.5 Å². The smallest absolute Gasteiger partial charge is 0.306 e. The monoisotopic (exact) mass is 930 g/mol. The zero-order valence-corrected chi connectivity index (χ0v) is 43.6. The molecule has 0 aliphatic carbocycles. The average Bonchev–Trinajstić information content (AvgIpc) is 3.27. The fourth-order valence-electron chi connectivity index (χ4n) is 6.91. The van der Waals surface area contributed by atoms with E-state index in [1.54, 1.807) is 0 Å². The standard InChI is InChI=1S/C56H100NO7P/c1-6-8-10-12-14-16-18-20-22-24-26-28-29-30-31-33-35-37-39-41-43-45-47-49-56(58)64-55(54-63-65(59,60)62-52-50-57(3,4)5)53-61-51-48-46-44-42-40-38-36-34-32-27-25-23-21-19-17-15-13-11-9-7-2/h9,11,15,17,21,23-24,26-27,32,36,38,42,44,55H,6-8,10,12-14,16,18-20,22,25,28-31,33-35,37,39-41,43,45-54H2,1-5H3/b11-9-,17-15-,23-21-,26-24-,32-27-,38-36-,44-42-. The van der Waals surface area contributed by atoms with Crippen LogP contribution in [0.3, 0.4) is 0 Å². The summed E-state index contributed by atoms with van der Waals surface area (Å²) in [4.78, 5) is 25.2. The van der Waals surface area contributed by atoms with Crippen molar-refractivity contribution < 1.29 is 37.3 Å². The van der Waals surface area contributed by atoms with Crippen LogP contribution in [0, 0.1) is 0 Å². The van der Waals surface area contributed by atoms with Gasteiger partial charge in [0, 0.05) is 13.0 Å². The van der Waals surface area contributed by atoms with Crippen LogP contribution < -0.4 is 4.89 Å². The van der Waals surface area contributed by atoms with Crippen molar-refractivity contribution in [3.8, 4) is 0 Å². The molecule has 0 aliphatic heterocycles. The summed E-state index contributed by atoms with van der Waals surface area (Å²) in [7, 11) is 1.31. The third-order valence-electron chi connectivity index (χ3n) is 10.9. The lowest BCUT2D eigenvalue weighted by molar-refractivity contribution is -0.870. The van der Waals surface area contributed by atoms with Gasteiger partial charge in [0.15, 0.2) is 0 Å². The molecule has 0 fully saturated rings. The SMILES string of the molecule is CC/C=C\C/C=C\C/C=C\C/C=C\C/C=C\C/C=C\CCCOCC(COP(=O)([O-])OCC[N+](C)(C)C)OC(=O)CCCCCCCCCCCCC/C=C\CCCCCCCCCC. The van der Waals surface area contributed by atoms with Gasteiger partial charge in [-0.05, 0) is 83.5 Å². The van der Waals surface area contributed by atoms with Crippen LogP contribution in [0.5, 0.6) is 0 Å². The first kappa shape index (κ1) is 62.7. The quantitative estimate of drug-likeness (QED) is 0.0197.